The molecule has 0 saturated carbocycles. The first-order valence-electron chi connectivity index (χ1n) is 9.64. The molecule has 0 aliphatic rings. The summed E-state index contributed by atoms with van der Waals surface area (Å²) in [5.41, 5.74) is 6.10. The number of hydrogen-bond acceptors (Lipinski definition) is 4. The van der Waals surface area contributed by atoms with E-state index >= 15 is 0 Å². The third kappa shape index (κ3) is 5.10. The van der Waals surface area contributed by atoms with E-state index in [2.05, 4.69) is 10.9 Å². The number of para-hydroxylation sites is 2. The van der Waals surface area contributed by atoms with Crippen LogP contribution < -0.4 is 16.5 Å². The Kier molecular flexibility index (Phi) is 7.29. The summed E-state index contributed by atoms with van der Waals surface area (Å²) >= 11 is 1.04. The normalized spacial score (nSPS) is 10.9. The summed E-state index contributed by atoms with van der Waals surface area (Å²) in [5, 5.41) is 0. The number of hydrogen-bond donors (Lipinski definition) is 2. The number of benzene rings is 2. The Morgan fingerprint density at radius 2 is 1.53 bits per heavy atom. The number of carbonyl (C=O) groups excluding carboxylic acids is 2. The number of nitrogens with one attached hydrogen (secondary N) is 2. The van der Waals surface area contributed by atoms with Gasteiger partial charge >= 0.3 is 5.69 Å². The zero-order valence-corrected chi connectivity index (χ0v) is 17.4. The molecular weight excluding hydrogens is 407 g/mol. The fourth-order valence-corrected chi connectivity index (χ4v) is 3.82. The third-order valence-corrected chi connectivity index (χ3v) is 5.52. The van der Waals surface area contributed by atoms with E-state index in [-0.39, 0.29) is 24.4 Å². The molecule has 0 radical (unpaired) electrons. The first-order valence-corrected chi connectivity index (χ1v) is 10.6. The molecule has 2 N–H and O–H groups in total. The Hall–Kier alpha value is -3.07. The Labute approximate surface area is 177 Å². The van der Waals surface area contributed by atoms with Crippen molar-refractivity contribution < 1.29 is 14.0 Å². The second-order valence-corrected chi connectivity index (χ2v) is 7.66. The van der Waals surface area contributed by atoms with E-state index in [0.29, 0.717) is 11.4 Å². The number of aryl methyl sites for hydroxylation is 2. The van der Waals surface area contributed by atoms with Crippen molar-refractivity contribution in [1.82, 2.24) is 20.0 Å². The molecule has 3 rings (SSSR count). The number of thioether (sulfide) groups is 1. The summed E-state index contributed by atoms with van der Waals surface area (Å²) in [5.74, 6) is -1.30. The van der Waals surface area contributed by atoms with Crippen LogP contribution in [0.3, 0.4) is 0 Å². The molecule has 158 valence electrons. The van der Waals surface area contributed by atoms with Gasteiger partial charge in [0.05, 0.1) is 16.8 Å². The van der Waals surface area contributed by atoms with Gasteiger partial charge in [0, 0.05) is 24.4 Å². The average molecular weight is 431 g/mol. The largest absolute Gasteiger partial charge is 0.329 e. The van der Waals surface area contributed by atoms with Gasteiger partial charge in [-0.15, -0.1) is 11.8 Å². The maximum Gasteiger partial charge on any atom is 0.329 e. The molecule has 0 fully saturated rings. The molecule has 7 nitrogen and oxygen atoms in total. The van der Waals surface area contributed by atoms with Crippen molar-refractivity contribution in [2.75, 3.05) is 5.75 Å². The van der Waals surface area contributed by atoms with Gasteiger partial charge in [0.2, 0.25) is 11.8 Å². The topological polar surface area (TPSA) is 85.1 Å². The fourth-order valence-electron chi connectivity index (χ4n) is 3.08. The Bertz CT molecular complexity index is 1110. The minimum Gasteiger partial charge on any atom is -0.292 e. The van der Waals surface area contributed by atoms with Crippen LogP contribution in [0.4, 0.5) is 4.39 Å². The molecule has 3 aromatic rings. The molecule has 0 bridgehead atoms. The molecule has 0 aliphatic heterocycles. The van der Waals surface area contributed by atoms with Crippen LogP contribution in [-0.4, -0.2) is 26.7 Å². The Morgan fingerprint density at radius 3 is 2.20 bits per heavy atom. The second kappa shape index (κ2) is 10.1. The standard InChI is InChI=1S/C21H23FN4O3S/c1-2-12-25-16-8-4-5-9-17(16)26(21(25)29)13-11-19(27)23-24-20(28)14-30-18-10-6-3-7-15(18)22/h3-10H,2,11-14H2,1H3,(H,23,27)(H,24,28). The lowest BCUT2D eigenvalue weighted by molar-refractivity contribution is -0.127. The zero-order chi connectivity index (χ0) is 21.5. The van der Waals surface area contributed by atoms with E-state index in [0.717, 1.165) is 29.2 Å². The zero-order valence-electron chi connectivity index (χ0n) is 16.6. The number of imidazole rings is 1. The van der Waals surface area contributed by atoms with Crippen molar-refractivity contribution in [1.29, 1.82) is 0 Å². The number of halogens is 1. The predicted octanol–water partition coefficient (Wildman–Crippen LogP) is 2.68. The number of rotatable bonds is 8. The van der Waals surface area contributed by atoms with Crippen molar-refractivity contribution in [3.05, 3.63) is 64.8 Å². The van der Waals surface area contributed by atoms with Gasteiger partial charge in [0.25, 0.3) is 0 Å². The number of amides is 2. The van der Waals surface area contributed by atoms with Crippen LogP contribution in [0.1, 0.15) is 19.8 Å². The molecule has 2 aromatic carbocycles. The lowest BCUT2D eigenvalue weighted by Crippen LogP contribution is -2.43. The minimum absolute atomic E-state index is 0.0285. The van der Waals surface area contributed by atoms with E-state index in [1.54, 1.807) is 27.3 Å². The second-order valence-electron chi connectivity index (χ2n) is 6.64. The molecule has 9 heteroatoms. The maximum atomic E-state index is 13.6. The maximum absolute atomic E-state index is 13.6. The van der Waals surface area contributed by atoms with Crippen molar-refractivity contribution in [3.8, 4) is 0 Å². The van der Waals surface area contributed by atoms with Gasteiger partial charge in [-0.2, -0.15) is 0 Å². The number of hydrazine groups is 1. The van der Waals surface area contributed by atoms with Crippen LogP contribution in [0.5, 0.6) is 0 Å². The van der Waals surface area contributed by atoms with Crippen LogP contribution in [0.25, 0.3) is 11.0 Å². The first kappa shape index (κ1) is 21.6. The summed E-state index contributed by atoms with van der Waals surface area (Å²) in [6.45, 7) is 2.80. The van der Waals surface area contributed by atoms with Crippen LogP contribution in [0, 0.1) is 5.82 Å². The fraction of sp³-hybridized carbons (Fsp3) is 0.286. The van der Waals surface area contributed by atoms with Gasteiger partial charge in [0.1, 0.15) is 5.82 Å². The monoisotopic (exact) mass is 430 g/mol. The summed E-state index contributed by atoms with van der Waals surface area (Å²) in [6, 6.07) is 13.6. The quantitative estimate of drug-likeness (QED) is 0.425. The number of aromatic nitrogens is 2. The summed E-state index contributed by atoms with van der Waals surface area (Å²) in [7, 11) is 0. The number of fused-ring (bicyclic) bond motifs is 1. The highest BCUT2D eigenvalue weighted by atomic mass is 32.2. The van der Waals surface area contributed by atoms with Gasteiger partial charge < -0.3 is 0 Å². The summed E-state index contributed by atoms with van der Waals surface area (Å²) in [4.78, 5) is 37.1. The van der Waals surface area contributed by atoms with Crippen LogP contribution in [0.15, 0.2) is 58.2 Å². The summed E-state index contributed by atoms with van der Waals surface area (Å²) < 4.78 is 16.8. The lowest BCUT2D eigenvalue weighted by Gasteiger charge is -2.08. The van der Waals surface area contributed by atoms with Crippen molar-refractivity contribution >= 4 is 34.6 Å². The van der Waals surface area contributed by atoms with E-state index in [9.17, 15) is 18.8 Å². The van der Waals surface area contributed by atoms with Gasteiger partial charge in [-0.05, 0) is 30.7 Å². The van der Waals surface area contributed by atoms with Gasteiger partial charge in [-0.25, -0.2) is 9.18 Å². The van der Waals surface area contributed by atoms with E-state index in [4.69, 9.17) is 0 Å². The van der Waals surface area contributed by atoms with Crippen LogP contribution in [-0.2, 0) is 22.7 Å². The highest BCUT2D eigenvalue weighted by molar-refractivity contribution is 8.00. The molecule has 0 aliphatic carbocycles. The lowest BCUT2D eigenvalue weighted by atomic mass is 10.3. The molecule has 0 saturated heterocycles. The van der Waals surface area contributed by atoms with Crippen LogP contribution in [0.2, 0.25) is 0 Å². The molecule has 1 heterocycles. The minimum atomic E-state index is -0.451. The molecule has 0 unspecified atom stereocenters. The first-order chi connectivity index (χ1) is 14.5. The molecule has 0 spiro atoms. The van der Waals surface area contributed by atoms with E-state index in [1.807, 2.05) is 31.2 Å². The predicted molar refractivity (Wildman–Crippen MR) is 115 cm³/mol. The molecule has 0 atom stereocenters. The molecule has 30 heavy (non-hydrogen) atoms. The van der Waals surface area contributed by atoms with Gasteiger partial charge in [-0.3, -0.25) is 29.6 Å². The van der Waals surface area contributed by atoms with Crippen molar-refractivity contribution in [3.63, 3.8) is 0 Å². The number of nitrogens with zero attached hydrogens (tertiary/aromatic N) is 2. The van der Waals surface area contributed by atoms with E-state index in [1.165, 1.54) is 6.07 Å². The SMILES string of the molecule is CCCn1c(=O)n(CCC(=O)NNC(=O)CSc2ccccc2F)c2ccccc21. The summed E-state index contributed by atoms with van der Waals surface area (Å²) in [6.07, 6.45) is 0.853. The van der Waals surface area contributed by atoms with Gasteiger partial charge in [-0.1, -0.05) is 31.2 Å². The Morgan fingerprint density at radius 1 is 0.933 bits per heavy atom. The highest BCUT2D eigenvalue weighted by Crippen LogP contribution is 2.20. The Balaban J connectivity index is 1.53. The van der Waals surface area contributed by atoms with Gasteiger partial charge in [0.15, 0.2) is 0 Å². The molecule has 1 aromatic heterocycles. The molecular formula is C21H23FN4O3S. The van der Waals surface area contributed by atoms with E-state index < -0.39 is 17.6 Å². The van der Waals surface area contributed by atoms with Crippen LogP contribution >= 0.6 is 11.8 Å². The average Bonchev–Trinajstić information content (AvgIpc) is 3.01. The number of carbonyl (C=O) groups is 2. The van der Waals surface area contributed by atoms with Crippen molar-refractivity contribution in [2.45, 2.75) is 37.8 Å². The molecule has 2 amide bonds. The smallest absolute Gasteiger partial charge is 0.292 e. The third-order valence-electron chi connectivity index (χ3n) is 4.47. The van der Waals surface area contributed by atoms with Crippen molar-refractivity contribution in [2.24, 2.45) is 0 Å². The highest BCUT2D eigenvalue weighted by Gasteiger charge is 2.14.